The van der Waals surface area contributed by atoms with Crippen molar-refractivity contribution in [1.29, 1.82) is 0 Å². The maximum Gasteiger partial charge on any atom is 0.199 e. The first-order valence-corrected chi connectivity index (χ1v) is 6.47. The number of fused-ring (bicyclic) bond motifs is 1. The van der Waals surface area contributed by atoms with Crippen LogP contribution in [-0.2, 0) is 4.84 Å². The monoisotopic (exact) mass is 259 g/mol. The fourth-order valence-electron chi connectivity index (χ4n) is 2.03. The zero-order chi connectivity index (χ0) is 13.8. The van der Waals surface area contributed by atoms with Gasteiger partial charge in [-0.15, -0.1) is 0 Å². The molecule has 0 heterocycles. The van der Waals surface area contributed by atoms with Crippen molar-refractivity contribution in [3.63, 3.8) is 0 Å². The summed E-state index contributed by atoms with van der Waals surface area (Å²) < 4.78 is 0. The first-order valence-electron chi connectivity index (χ1n) is 6.47. The Hall–Kier alpha value is -2.10. The minimum absolute atomic E-state index is 0.00120. The Morgan fingerprint density at radius 1 is 1.26 bits per heavy atom. The first kappa shape index (κ1) is 13.3. The van der Waals surface area contributed by atoms with Crippen LogP contribution >= 0.6 is 0 Å². The van der Waals surface area contributed by atoms with Gasteiger partial charge in [0.25, 0.3) is 0 Å². The van der Waals surface area contributed by atoms with Gasteiger partial charge in [-0.3, -0.25) is 4.79 Å². The zero-order valence-electron chi connectivity index (χ0n) is 11.1. The highest BCUT2D eigenvalue weighted by atomic mass is 16.6. The van der Waals surface area contributed by atoms with Crippen molar-refractivity contribution in [2.75, 3.05) is 6.61 Å². The number of carbonyl (C=O) groups excluding carboxylic acids is 1. The molecule has 19 heavy (non-hydrogen) atoms. The molecule has 1 aromatic carbocycles. The third-order valence-corrected chi connectivity index (χ3v) is 2.98. The number of hydrogen-bond donors (Lipinski definition) is 1. The predicted molar refractivity (Wildman–Crippen MR) is 74.3 cm³/mol. The normalized spacial score (nSPS) is 14.8. The molecule has 1 N–H and O–H groups in total. The molecular weight excluding hydrogens is 242 g/mol. The van der Waals surface area contributed by atoms with Crippen LogP contribution in [-0.4, -0.2) is 23.2 Å². The second-order valence-corrected chi connectivity index (χ2v) is 4.32. The summed E-state index contributed by atoms with van der Waals surface area (Å²) in [7, 11) is 0. The van der Waals surface area contributed by atoms with Gasteiger partial charge in [0.2, 0.25) is 0 Å². The molecule has 0 saturated heterocycles. The van der Waals surface area contributed by atoms with E-state index in [1.807, 2.05) is 13.8 Å². The molecule has 0 atom stereocenters. The van der Waals surface area contributed by atoms with Gasteiger partial charge in [-0.25, -0.2) is 0 Å². The van der Waals surface area contributed by atoms with E-state index in [2.05, 4.69) is 5.16 Å². The smallest absolute Gasteiger partial charge is 0.199 e. The summed E-state index contributed by atoms with van der Waals surface area (Å²) in [6.07, 6.45) is 1.38. The number of benzene rings is 1. The third-order valence-electron chi connectivity index (χ3n) is 2.98. The quantitative estimate of drug-likeness (QED) is 0.501. The Morgan fingerprint density at radius 2 is 1.95 bits per heavy atom. The van der Waals surface area contributed by atoms with E-state index in [0.29, 0.717) is 29.9 Å². The summed E-state index contributed by atoms with van der Waals surface area (Å²) >= 11 is 0. The predicted octanol–water partition coefficient (Wildman–Crippen LogP) is 3.34. The number of carbonyl (C=O) groups is 1. The van der Waals surface area contributed by atoms with Crippen LogP contribution in [0.1, 0.15) is 42.6 Å². The summed E-state index contributed by atoms with van der Waals surface area (Å²) in [6, 6.07) is 7.02. The summed E-state index contributed by atoms with van der Waals surface area (Å²) in [5.74, 6) is -0.185. The van der Waals surface area contributed by atoms with Crippen LogP contribution < -0.4 is 0 Å². The number of rotatable bonds is 5. The molecule has 4 nitrogen and oxygen atoms in total. The van der Waals surface area contributed by atoms with Crippen molar-refractivity contribution in [2.45, 2.75) is 26.7 Å². The minimum Gasteiger partial charge on any atom is -0.506 e. The fourth-order valence-corrected chi connectivity index (χ4v) is 2.03. The molecule has 1 aromatic rings. The van der Waals surface area contributed by atoms with Crippen LogP contribution in [0.3, 0.4) is 0 Å². The molecule has 0 amide bonds. The van der Waals surface area contributed by atoms with E-state index < -0.39 is 0 Å². The molecule has 4 heteroatoms. The lowest BCUT2D eigenvalue weighted by Gasteiger charge is -2.04. The SMILES string of the molecule is CCCON=C(CC)C1=C(O)c2ccccc2C1=O. The van der Waals surface area contributed by atoms with Crippen molar-refractivity contribution < 1.29 is 14.7 Å². The van der Waals surface area contributed by atoms with E-state index in [1.54, 1.807) is 24.3 Å². The summed E-state index contributed by atoms with van der Waals surface area (Å²) in [5, 5.41) is 14.2. The summed E-state index contributed by atoms with van der Waals surface area (Å²) in [6.45, 7) is 4.36. The number of nitrogens with zero attached hydrogens (tertiary/aromatic N) is 1. The number of oxime groups is 1. The molecule has 100 valence electrons. The average molecular weight is 259 g/mol. The van der Waals surface area contributed by atoms with Crippen LogP contribution in [0.2, 0.25) is 0 Å². The molecule has 0 bridgehead atoms. The third kappa shape index (κ3) is 2.38. The molecule has 0 radical (unpaired) electrons. The fraction of sp³-hybridized carbons (Fsp3) is 0.333. The lowest BCUT2D eigenvalue weighted by molar-refractivity contribution is 0.104. The van der Waals surface area contributed by atoms with Crippen molar-refractivity contribution in [1.82, 2.24) is 0 Å². The molecule has 1 aliphatic rings. The van der Waals surface area contributed by atoms with E-state index in [-0.39, 0.29) is 17.1 Å². The molecule has 0 saturated carbocycles. The van der Waals surface area contributed by atoms with Gasteiger partial charge in [0.05, 0.1) is 11.3 Å². The Bertz CT molecular complexity index is 558. The zero-order valence-corrected chi connectivity index (χ0v) is 11.1. The number of aliphatic hydroxyl groups is 1. The number of ketones is 1. The molecule has 2 rings (SSSR count). The molecule has 0 fully saturated rings. The molecule has 0 spiro atoms. The van der Waals surface area contributed by atoms with E-state index in [0.717, 1.165) is 6.42 Å². The van der Waals surface area contributed by atoms with Gasteiger partial charge in [-0.1, -0.05) is 43.3 Å². The van der Waals surface area contributed by atoms with Crippen molar-refractivity contribution >= 4 is 17.3 Å². The molecular formula is C15H17NO3. The lowest BCUT2D eigenvalue weighted by atomic mass is 10.0. The highest BCUT2D eigenvalue weighted by Crippen LogP contribution is 2.32. The summed E-state index contributed by atoms with van der Waals surface area (Å²) in [4.78, 5) is 17.4. The van der Waals surface area contributed by atoms with Crippen molar-refractivity contribution in [2.24, 2.45) is 5.16 Å². The van der Waals surface area contributed by atoms with E-state index >= 15 is 0 Å². The lowest BCUT2D eigenvalue weighted by Crippen LogP contribution is -2.11. The van der Waals surface area contributed by atoms with Gasteiger partial charge in [0.1, 0.15) is 12.4 Å². The Kier molecular flexibility index (Phi) is 4.00. The second kappa shape index (κ2) is 5.69. The van der Waals surface area contributed by atoms with Crippen LogP contribution in [0.15, 0.2) is 35.0 Å². The first-order chi connectivity index (χ1) is 9.20. The number of Topliss-reactive ketones (excluding diaryl/α,β-unsaturated/α-hetero) is 1. The van der Waals surface area contributed by atoms with Crippen LogP contribution in [0.4, 0.5) is 0 Å². The minimum atomic E-state index is -0.186. The number of hydrogen-bond acceptors (Lipinski definition) is 4. The highest BCUT2D eigenvalue weighted by Gasteiger charge is 2.32. The topological polar surface area (TPSA) is 58.9 Å². The van der Waals surface area contributed by atoms with Gasteiger partial charge < -0.3 is 9.94 Å². The molecule has 0 aromatic heterocycles. The van der Waals surface area contributed by atoms with Gasteiger partial charge >= 0.3 is 0 Å². The largest absolute Gasteiger partial charge is 0.506 e. The molecule has 0 aliphatic heterocycles. The van der Waals surface area contributed by atoms with E-state index in [4.69, 9.17) is 4.84 Å². The van der Waals surface area contributed by atoms with Crippen molar-refractivity contribution in [3.8, 4) is 0 Å². The maximum atomic E-state index is 12.3. The standard InChI is InChI=1S/C15H17NO3/c1-3-9-19-16-12(4-2)13-14(17)10-7-5-6-8-11(10)15(13)18/h5-8,17H,3-4,9H2,1-2H3. The summed E-state index contributed by atoms with van der Waals surface area (Å²) in [5.41, 5.74) is 1.85. The van der Waals surface area contributed by atoms with Gasteiger partial charge in [0, 0.05) is 11.1 Å². The average Bonchev–Trinajstić information content (AvgIpc) is 2.69. The van der Waals surface area contributed by atoms with Gasteiger partial charge in [-0.2, -0.15) is 0 Å². The Morgan fingerprint density at radius 3 is 2.53 bits per heavy atom. The van der Waals surface area contributed by atoms with Crippen molar-refractivity contribution in [3.05, 3.63) is 41.0 Å². The second-order valence-electron chi connectivity index (χ2n) is 4.32. The van der Waals surface area contributed by atoms with Gasteiger partial charge in [0.15, 0.2) is 5.78 Å². The van der Waals surface area contributed by atoms with Gasteiger partial charge in [-0.05, 0) is 12.8 Å². The highest BCUT2D eigenvalue weighted by molar-refractivity contribution is 6.35. The van der Waals surface area contributed by atoms with Crippen LogP contribution in [0.5, 0.6) is 0 Å². The Balaban J connectivity index is 2.38. The van der Waals surface area contributed by atoms with E-state index in [9.17, 15) is 9.90 Å². The van der Waals surface area contributed by atoms with Crippen LogP contribution in [0, 0.1) is 0 Å². The Labute approximate surface area is 112 Å². The maximum absolute atomic E-state index is 12.3. The van der Waals surface area contributed by atoms with E-state index in [1.165, 1.54) is 0 Å². The molecule has 1 aliphatic carbocycles. The number of aliphatic hydroxyl groups excluding tert-OH is 1. The number of allylic oxidation sites excluding steroid dienone is 1. The van der Waals surface area contributed by atoms with Crippen LogP contribution in [0.25, 0.3) is 5.76 Å². The molecule has 0 unspecified atom stereocenters.